The number of piperidine rings is 1. The van der Waals surface area contributed by atoms with E-state index in [0.717, 1.165) is 40.9 Å². The maximum atomic E-state index is 5.39. The summed E-state index contributed by atoms with van der Waals surface area (Å²) in [5, 5.41) is 1.09. The summed E-state index contributed by atoms with van der Waals surface area (Å²) in [4.78, 5) is 7.76. The van der Waals surface area contributed by atoms with Crippen molar-refractivity contribution in [1.29, 1.82) is 0 Å². The van der Waals surface area contributed by atoms with Crippen molar-refractivity contribution in [3.05, 3.63) is 11.1 Å². The molecule has 0 amide bonds. The molecule has 17 heavy (non-hydrogen) atoms. The van der Waals surface area contributed by atoms with Gasteiger partial charge in [-0.05, 0) is 24.2 Å². The zero-order valence-electron chi connectivity index (χ0n) is 10.8. The third-order valence-electron chi connectivity index (χ3n) is 3.78. The molecule has 1 aliphatic heterocycles. The van der Waals surface area contributed by atoms with Gasteiger partial charge in [-0.3, -0.25) is 0 Å². The van der Waals surface area contributed by atoms with Crippen molar-refractivity contribution in [2.45, 2.75) is 27.2 Å². The van der Waals surface area contributed by atoms with Crippen LogP contribution in [0.5, 0.6) is 0 Å². The van der Waals surface area contributed by atoms with E-state index in [0.29, 0.717) is 0 Å². The van der Waals surface area contributed by atoms with E-state index < -0.39 is 0 Å². The molecule has 0 spiro atoms. The summed E-state index contributed by atoms with van der Waals surface area (Å²) < 4.78 is 0. The lowest BCUT2D eigenvalue weighted by Crippen LogP contribution is -2.41. The summed E-state index contributed by atoms with van der Waals surface area (Å²) in [5.74, 6) is 4.98. The van der Waals surface area contributed by atoms with E-state index in [4.69, 9.17) is 6.42 Å². The molecule has 0 bridgehead atoms. The quantitative estimate of drug-likeness (QED) is 0.747. The van der Waals surface area contributed by atoms with E-state index in [1.165, 1.54) is 6.42 Å². The average molecular weight is 248 g/mol. The molecule has 2 unspecified atom stereocenters. The Labute approximate surface area is 108 Å². The molecule has 0 N–H and O–H groups in total. The third-order valence-corrected chi connectivity index (χ3v) is 4.77. The normalized spacial score (nSPS) is 25.0. The molecule has 92 valence electrons. The van der Waals surface area contributed by atoms with Crippen LogP contribution in [0.2, 0.25) is 0 Å². The highest BCUT2D eigenvalue weighted by Gasteiger charge is 2.29. The number of nitrogens with zero attached hydrogens (tertiary/aromatic N) is 2. The fourth-order valence-corrected chi connectivity index (χ4v) is 3.38. The lowest BCUT2D eigenvalue weighted by molar-refractivity contribution is 0.232. The van der Waals surface area contributed by atoms with Crippen LogP contribution in [0.25, 0.3) is 0 Å². The van der Waals surface area contributed by atoms with Crippen molar-refractivity contribution < 1.29 is 0 Å². The smallest absolute Gasteiger partial charge is 0.186 e. The SMILES string of the molecule is C#Cc1cnc(N2CCC(C)C(C(C)C)C2)s1. The minimum absolute atomic E-state index is 0.736. The van der Waals surface area contributed by atoms with Crippen molar-refractivity contribution >= 4 is 16.5 Å². The van der Waals surface area contributed by atoms with Gasteiger partial charge < -0.3 is 4.90 Å². The van der Waals surface area contributed by atoms with Gasteiger partial charge in [0.25, 0.3) is 0 Å². The number of hydrogen-bond donors (Lipinski definition) is 0. The molecule has 3 heteroatoms. The van der Waals surface area contributed by atoms with Crippen LogP contribution >= 0.6 is 11.3 Å². The van der Waals surface area contributed by atoms with Gasteiger partial charge in [-0.1, -0.05) is 38.0 Å². The minimum atomic E-state index is 0.736. The highest BCUT2D eigenvalue weighted by molar-refractivity contribution is 7.16. The minimum Gasteiger partial charge on any atom is -0.348 e. The highest BCUT2D eigenvalue weighted by Crippen LogP contribution is 2.33. The molecule has 1 aliphatic rings. The summed E-state index contributed by atoms with van der Waals surface area (Å²) in [6.45, 7) is 9.24. The van der Waals surface area contributed by atoms with Gasteiger partial charge in [0.05, 0.1) is 11.1 Å². The van der Waals surface area contributed by atoms with Gasteiger partial charge in [0, 0.05) is 13.1 Å². The summed E-state index contributed by atoms with van der Waals surface area (Å²) in [7, 11) is 0. The standard InChI is InChI=1S/C14H20N2S/c1-5-12-8-15-14(17-12)16-7-6-11(4)13(9-16)10(2)3/h1,8,10-11,13H,6-7,9H2,2-4H3. The predicted molar refractivity (Wildman–Crippen MR) is 74.4 cm³/mol. The van der Waals surface area contributed by atoms with E-state index in [2.05, 4.69) is 36.6 Å². The third kappa shape index (κ3) is 2.63. The molecule has 2 heterocycles. The zero-order chi connectivity index (χ0) is 12.4. The second kappa shape index (κ2) is 5.10. The molecule has 1 fully saturated rings. The van der Waals surface area contributed by atoms with E-state index in [-0.39, 0.29) is 0 Å². The van der Waals surface area contributed by atoms with E-state index in [1.807, 2.05) is 6.20 Å². The van der Waals surface area contributed by atoms with Crippen molar-refractivity contribution in [2.75, 3.05) is 18.0 Å². The van der Waals surface area contributed by atoms with Gasteiger partial charge in [0.1, 0.15) is 0 Å². The van der Waals surface area contributed by atoms with Crippen LogP contribution in [0.4, 0.5) is 5.13 Å². The van der Waals surface area contributed by atoms with Crippen LogP contribution in [0.1, 0.15) is 32.1 Å². The second-order valence-electron chi connectivity index (χ2n) is 5.27. The van der Waals surface area contributed by atoms with Gasteiger partial charge in [-0.2, -0.15) is 0 Å². The fraction of sp³-hybridized carbons (Fsp3) is 0.643. The van der Waals surface area contributed by atoms with Crippen LogP contribution in [0.3, 0.4) is 0 Å². The van der Waals surface area contributed by atoms with E-state index in [9.17, 15) is 0 Å². The maximum absolute atomic E-state index is 5.39. The van der Waals surface area contributed by atoms with Gasteiger partial charge in [0.15, 0.2) is 5.13 Å². The Bertz CT molecular complexity index is 416. The molecule has 0 radical (unpaired) electrons. The van der Waals surface area contributed by atoms with Crippen molar-refractivity contribution in [1.82, 2.24) is 4.98 Å². The van der Waals surface area contributed by atoms with Crippen molar-refractivity contribution in [3.8, 4) is 12.3 Å². The second-order valence-corrected chi connectivity index (χ2v) is 6.28. The molecule has 1 aromatic heterocycles. The molecule has 2 nitrogen and oxygen atoms in total. The zero-order valence-corrected chi connectivity index (χ0v) is 11.6. The Morgan fingerprint density at radius 3 is 2.94 bits per heavy atom. The van der Waals surface area contributed by atoms with Gasteiger partial charge >= 0.3 is 0 Å². The number of aromatic nitrogens is 1. The highest BCUT2D eigenvalue weighted by atomic mass is 32.1. The monoisotopic (exact) mass is 248 g/mol. The first-order valence-electron chi connectivity index (χ1n) is 6.29. The number of thiazole rings is 1. The molecule has 1 saturated heterocycles. The Morgan fingerprint density at radius 2 is 2.35 bits per heavy atom. The summed E-state index contributed by atoms with van der Waals surface area (Å²) in [6, 6.07) is 0. The van der Waals surface area contributed by atoms with E-state index >= 15 is 0 Å². The summed E-state index contributed by atoms with van der Waals surface area (Å²) in [5.41, 5.74) is 0. The molecule has 0 aromatic carbocycles. The summed E-state index contributed by atoms with van der Waals surface area (Å²) >= 11 is 1.63. The first kappa shape index (κ1) is 12.4. The number of anilines is 1. The summed E-state index contributed by atoms with van der Waals surface area (Å²) in [6.07, 6.45) is 8.46. The van der Waals surface area contributed by atoms with Crippen LogP contribution < -0.4 is 4.90 Å². The fourth-order valence-electron chi connectivity index (χ4n) is 2.62. The lowest BCUT2D eigenvalue weighted by atomic mass is 9.80. The van der Waals surface area contributed by atoms with Crippen molar-refractivity contribution in [2.24, 2.45) is 17.8 Å². The van der Waals surface area contributed by atoms with E-state index in [1.54, 1.807) is 11.3 Å². The Kier molecular flexibility index (Phi) is 3.73. The van der Waals surface area contributed by atoms with Crippen LogP contribution in [0, 0.1) is 30.1 Å². The molecule has 0 aliphatic carbocycles. The lowest BCUT2D eigenvalue weighted by Gasteiger charge is -2.39. The molecule has 1 aromatic rings. The van der Waals surface area contributed by atoms with Crippen molar-refractivity contribution in [3.63, 3.8) is 0 Å². The van der Waals surface area contributed by atoms with Crippen LogP contribution in [-0.4, -0.2) is 18.1 Å². The first-order valence-corrected chi connectivity index (χ1v) is 7.11. The van der Waals surface area contributed by atoms with Gasteiger partial charge in [-0.15, -0.1) is 6.42 Å². The molecule has 0 saturated carbocycles. The predicted octanol–water partition coefficient (Wildman–Crippen LogP) is 3.24. The Morgan fingerprint density at radius 1 is 1.59 bits per heavy atom. The number of terminal acetylenes is 1. The van der Waals surface area contributed by atoms with Gasteiger partial charge in [-0.25, -0.2) is 4.98 Å². The van der Waals surface area contributed by atoms with Gasteiger partial charge in [0.2, 0.25) is 0 Å². The van der Waals surface area contributed by atoms with Crippen LogP contribution in [-0.2, 0) is 0 Å². The molecular formula is C14H20N2S. The molecule has 2 atom stereocenters. The largest absolute Gasteiger partial charge is 0.348 e. The molecule has 2 rings (SSSR count). The number of rotatable bonds is 2. The Balaban J connectivity index is 2.10. The average Bonchev–Trinajstić information content (AvgIpc) is 2.78. The maximum Gasteiger partial charge on any atom is 0.186 e. The molecular weight excluding hydrogens is 228 g/mol. The topological polar surface area (TPSA) is 16.1 Å². The first-order chi connectivity index (χ1) is 8.11. The van der Waals surface area contributed by atoms with Crippen LogP contribution in [0.15, 0.2) is 6.20 Å². The number of hydrogen-bond acceptors (Lipinski definition) is 3. The Hall–Kier alpha value is -1.01.